The molecule has 0 aliphatic heterocycles. The minimum Gasteiger partial charge on any atom is -0.507 e. The van der Waals surface area contributed by atoms with Crippen molar-refractivity contribution in [1.29, 1.82) is 0 Å². The Hall–Kier alpha value is -3.55. The molecule has 0 aromatic heterocycles. The van der Waals surface area contributed by atoms with Gasteiger partial charge in [0.15, 0.2) is 0 Å². The lowest BCUT2D eigenvalue weighted by atomic mass is 9.97. The molecule has 2 rings (SSSR count). The molecule has 2 aromatic carbocycles. The first-order valence-corrected chi connectivity index (χ1v) is 11.7. The summed E-state index contributed by atoms with van der Waals surface area (Å²) in [6.07, 6.45) is -0.721. The molecule has 0 fully saturated rings. The number of phenolic OH excluding ortho intramolecular Hbond substituents is 1. The van der Waals surface area contributed by atoms with Gasteiger partial charge < -0.3 is 25.4 Å². The summed E-state index contributed by atoms with van der Waals surface area (Å²) >= 11 is 0. The molecular formula is C27H37N3O5. The van der Waals surface area contributed by atoms with Crippen LogP contribution in [-0.4, -0.2) is 46.6 Å². The second kappa shape index (κ2) is 11.7. The van der Waals surface area contributed by atoms with Crippen molar-refractivity contribution in [3.8, 4) is 5.75 Å². The number of phenols is 1. The van der Waals surface area contributed by atoms with Gasteiger partial charge in [-0.15, -0.1) is 0 Å². The van der Waals surface area contributed by atoms with E-state index in [1.807, 2.05) is 30.3 Å². The van der Waals surface area contributed by atoms with Gasteiger partial charge in [-0.1, -0.05) is 62.4 Å². The minimum absolute atomic E-state index is 0.0618. The van der Waals surface area contributed by atoms with Gasteiger partial charge in [0.25, 0.3) is 0 Å². The monoisotopic (exact) mass is 483 g/mol. The zero-order chi connectivity index (χ0) is 26.3. The molecule has 190 valence electrons. The summed E-state index contributed by atoms with van der Waals surface area (Å²) in [5.41, 5.74) is 1.05. The molecule has 8 heteroatoms. The fraction of sp³-hybridized carbons (Fsp3) is 0.444. The van der Waals surface area contributed by atoms with Crippen LogP contribution < -0.4 is 10.6 Å². The van der Waals surface area contributed by atoms with E-state index in [1.165, 1.54) is 11.9 Å². The number of carbonyl (C=O) groups is 3. The molecule has 2 aromatic rings. The van der Waals surface area contributed by atoms with Crippen LogP contribution in [0.5, 0.6) is 5.75 Å². The standard InChI is InChI=1S/C27H37N3O5/c1-17(2)21(29-26(34)35-27(4,5)6)25(33)30(7)22(20-15-11-12-18(3)23(20)31)24(32)28-16-19-13-9-8-10-14-19/h8-15,17,21-22,31H,16H2,1-7H3,(H,28,32)(H,29,34). The van der Waals surface area contributed by atoms with Crippen LogP contribution in [0.15, 0.2) is 48.5 Å². The second-order valence-corrected chi connectivity index (χ2v) is 9.94. The van der Waals surface area contributed by atoms with Gasteiger partial charge in [0, 0.05) is 19.2 Å². The molecule has 3 N–H and O–H groups in total. The third-order valence-electron chi connectivity index (χ3n) is 5.46. The van der Waals surface area contributed by atoms with E-state index in [0.29, 0.717) is 11.1 Å². The van der Waals surface area contributed by atoms with Crippen LogP contribution in [-0.2, 0) is 20.9 Å². The van der Waals surface area contributed by atoms with Crippen molar-refractivity contribution in [1.82, 2.24) is 15.5 Å². The molecular weight excluding hydrogens is 446 g/mol. The van der Waals surface area contributed by atoms with Gasteiger partial charge in [0.2, 0.25) is 11.8 Å². The van der Waals surface area contributed by atoms with Crippen molar-refractivity contribution >= 4 is 17.9 Å². The Bertz CT molecular complexity index is 1030. The Morgan fingerprint density at radius 2 is 1.66 bits per heavy atom. The summed E-state index contributed by atoms with van der Waals surface area (Å²) < 4.78 is 5.32. The van der Waals surface area contributed by atoms with Crippen LogP contribution in [0.4, 0.5) is 4.79 Å². The lowest BCUT2D eigenvalue weighted by molar-refractivity contribution is -0.141. The maximum absolute atomic E-state index is 13.6. The van der Waals surface area contributed by atoms with Crippen LogP contribution in [0.3, 0.4) is 0 Å². The number of hydrogen-bond donors (Lipinski definition) is 3. The van der Waals surface area contributed by atoms with Crippen molar-refractivity contribution in [3.05, 3.63) is 65.2 Å². The van der Waals surface area contributed by atoms with E-state index in [-0.39, 0.29) is 18.2 Å². The predicted molar refractivity (Wildman–Crippen MR) is 135 cm³/mol. The van der Waals surface area contributed by atoms with E-state index >= 15 is 0 Å². The Morgan fingerprint density at radius 1 is 1.03 bits per heavy atom. The van der Waals surface area contributed by atoms with Crippen molar-refractivity contribution in [2.24, 2.45) is 5.92 Å². The molecule has 8 nitrogen and oxygen atoms in total. The Kier molecular flexibility index (Phi) is 9.28. The fourth-order valence-electron chi connectivity index (χ4n) is 3.60. The number of amides is 3. The number of hydrogen-bond acceptors (Lipinski definition) is 5. The third-order valence-corrected chi connectivity index (χ3v) is 5.46. The average molecular weight is 484 g/mol. The second-order valence-electron chi connectivity index (χ2n) is 9.94. The molecule has 35 heavy (non-hydrogen) atoms. The number of likely N-dealkylation sites (N-methyl/N-ethyl adjacent to an activating group) is 1. The number of nitrogens with zero attached hydrogens (tertiary/aromatic N) is 1. The van der Waals surface area contributed by atoms with E-state index < -0.39 is 35.6 Å². The average Bonchev–Trinajstić information content (AvgIpc) is 2.77. The molecule has 0 saturated carbocycles. The summed E-state index contributed by atoms with van der Waals surface area (Å²) in [6.45, 7) is 10.8. The molecule has 2 atom stereocenters. The number of aromatic hydroxyl groups is 1. The number of para-hydroxylation sites is 1. The van der Waals surface area contributed by atoms with E-state index in [1.54, 1.807) is 59.7 Å². The number of benzene rings is 2. The van der Waals surface area contributed by atoms with Gasteiger partial charge in [-0.2, -0.15) is 0 Å². The Labute approximate surface area is 207 Å². The summed E-state index contributed by atoms with van der Waals surface area (Å²) in [5.74, 6) is -1.28. The number of carbonyl (C=O) groups excluding carboxylic acids is 3. The largest absolute Gasteiger partial charge is 0.507 e. The highest BCUT2D eigenvalue weighted by molar-refractivity contribution is 5.92. The maximum Gasteiger partial charge on any atom is 0.408 e. The lowest BCUT2D eigenvalue weighted by Gasteiger charge is -2.33. The van der Waals surface area contributed by atoms with Crippen LogP contribution in [0, 0.1) is 12.8 Å². The molecule has 0 radical (unpaired) electrons. The van der Waals surface area contributed by atoms with E-state index in [2.05, 4.69) is 10.6 Å². The first kappa shape index (κ1) is 27.7. The molecule has 0 spiro atoms. The first-order chi connectivity index (χ1) is 16.3. The molecule has 0 aliphatic rings. The number of alkyl carbamates (subject to hydrolysis) is 1. The zero-order valence-corrected chi connectivity index (χ0v) is 21.6. The summed E-state index contributed by atoms with van der Waals surface area (Å²) in [4.78, 5) is 40.6. The van der Waals surface area contributed by atoms with Crippen molar-refractivity contribution in [2.75, 3.05) is 7.05 Å². The number of aryl methyl sites for hydroxylation is 1. The van der Waals surface area contributed by atoms with Gasteiger partial charge in [0.1, 0.15) is 23.4 Å². The first-order valence-electron chi connectivity index (χ1n) is 11.7. The lowest BCUT2D eigenvalue weighted by Crippen LogP contribution is -2.53. The molecule has 0 heterocycles. The predicted octanol–water partition coefficient (Wildman–Crippen LogP) is 4.07. The van der Waals surface area contributed by atoms with Gasteiger partial charge in [0.05, 0.1) is 0 Å². The van der Waals surface area contributed by atoms with Gasteiger partial charge in [-0.3, -0.25) is 9.59 Å². The van der Waals surface area contributed by atoms with E-state index in [4.69, 9.17) is 4.74 Å². The van der Waals surface area contributed by atoms with Crippen molar-refractivity contribution in [2.45, 2.75) is 65.8 Å². The number of rotatable bonds is 8. The van der Waals surface area contributed by atoms with Crippen LogP contribution in [0.25, 0.3) is 0 Å². The summed E-state index contributed by atoms with van der Waals surface area (Å²) in [5, 5.41) is 16.2. The fourth-order valence-corrected chi connectivity index (χ4v) is 3.60. The summed E-state index contributed by atoms with van der Waals surface area (Å²) in [7, 11) is 1.49. The van der Waals surface area contributed by atoms with Crippen LogP contribution in [0.2, 0.25) is 0 Å². The quantitative estimate of drug-likeness (QED) is 0.525. The van der Waals surface area contributed by atoms with Gasteiger partial charge in [-0.25, -0.2) is 4.79 Å². The van der Waals surface area contributed by atoms with Crippen LogP contribution >= 0.6 is 0 Å². The third kappa shape index (κ3) is 7.73. The molecule has 2 unspecified atom stereocenters. The molecule has 0 saturated heterocycles. The Morgan fingerprint density at radius 3 is 2.23 bits per heavy atom. The van der Waals surface area contributed by atoms with E-state index in [9.17, 15) is 19.5 Å². The normalized spacial score (nSPS) is 13.0. The highest BCUT2D eigenvalue weighted by Crippen LogP contribution is 2.31. The highest BCUT2D eigenvalue weighted by Gasteiger charge is 2.36. The van der Waals surface area contributed by atoms with Gasteiger partial charge in [-0.05, 0) is 44.7 Å². The minimum atomic E-state index is -1.12. The smallest absolute Gasteiger partial charge is 0.408 e. The van der Waals surface area contributed by atoms with Crippen LogP contribution in [0.1, 0.15) is 57.4 Å². The topological polar surface area (TPSA) is 108 Å². The van der Waals surface area contributed by atoms with Crippen molar-refractivity contribution in [3.63, 3.8) is 0 Å². The van der Waals surface area contributed by atoms with E-state index in [0.717, 1.165) is 5.56 Å². The molecule has 3 amide bonds. The number of ether oxygens (including phenoxy) is 1. The highest BCUT2D eigenvalue weighted by atomic mass is 16.6. The summed E-state index contributed by atoms with van der Waals surface area (Å²) in [6, 6.07) is 12.4. The van der Waals surface area contributed by atoms with Crippen molar-refractivity contribution < 1.29 is 24.2 Å². The number of nitrogens with one attached hydrogen (secondary N) is 2. The molecule has 0 bridgehead atoms. The zero-order valence-electron chi connectivity index (χ0n) is 21.6. The Balaban J connectivity index is 2.36. The van der Waals surface area contributed by atoms with Gasteiger partial charge >= 0.3 is 6.09 Å². The SMILES string of the molecule is Cc1cccc(C(C(=O)NCc2ccccc2)N(C)C(=O)C(NC(=O)OC(C)(C)C)C(C)C)c1O. The maximum atomic E-state index is 13.6. The molecule has 0 aliphatic carbocycles.